The van der Waals surface area contributed by atoms with Gasteiger partial charge in [0.15, 0.2) is 0 Å². The second-order valence-corrected chi connectivity index (χ2v) is 4.30. The zero-order valence-corrected chi connectivity index (χ0v) is 9.30. The van der Waals surface area contributed by atoms with E-state index in [1.165, 1.54) is 0 Å². The third-order valence-electron chi connectivity index (χ3n) is 3.26. The molecule has 5 nitrogen and oxygen atoms in total. The van der Waals surface area contributed by atoms with Crippen molar-refractivity contribution < 1.29 is 9.84 Å². The van der Waals surface area contributed by atoms with E-state index in [4.69, 9.17) is 9.84 Å². The zero-order chi connectivity index (χ0) is 11.8. The van der Waals surface area contributed by atoms with E-state index in [-0.39, 0.29) is 24.5 Å². The van der Waals surface area contributed by atoms with Gasteiger partial charge in [0.2, 0.25) is 0 Å². The van der Waals surface area contributed by atoms with Crippen LogP contribution in [0.4, 0.5) is 0 Å². The predicted octanol–water partition coefficient (Wildman–Crippen LogP) is 0.999. The molecule has 3 rings (SSSR count). The first-order chi connectivity index (χ1) is 8.29. The van der Waals surface area contributed by atoms with Crippen molar-refractivity contribution >= 4 is 10.9 Å². The lowest BCUT2D eigenvalue weighted by atomic mass is 10.2. The summed E-state index contributed by atoms with van der Waals surface area (Å²) in [5, 5.41) is 9.72. The van der Waals surface area contributed by atoms with Crippen molar-refractivity contribution in [1.82, 2.24) is 9.55 Å². The molecule has 0 unspecified atom stereocenters. The lowest BCUT2D eigenvalue weighted by Gasteiger charge is -2.15. The van der Waals surface area contributed by atoms with Crippen LogP contribution in [0.1, 0.15) is 19.1 Å². The van der Waals surface area contributed by atoms with Crippen molar-refractivity contribution in [2.75, 3.05) is 6.61 Å². The third-order valence-corrected chi connectivity index (χ3v) is 3.26. The van der Waals surface area contributed by atoms with Gasteiger partial charge in [0, 0.05) is 12.4 Å². The Kier molecular flexibility index (Phi) is 2.49. The van der Waals surface area contributed by atoms with Gasteiger partial charge in [0.05, 0.1) is 23.6 Å². The third kappa shape index (κ3) is 1.67. The molecule has 2 aromatic rings. The Morgan fingerprint density at radius 3 is 3.12 bits per heavy atom. The van der Waals surface area contributed by atoms with E-state index in [0.29, 0.717) is 5.39 Å². The Bertz CT molecular complexity index is 587. The molecule has 90 valence electrons. The molecule has 2 aromatic heterocycles. The van der Waals surface area contributed by atoms with E-state index >= 15 is 0 Å². The fraction of sp³-hybridized carbons (Fsp3) is 0.417. The van der Waals surface area contributed by atoms with Gasteiger partial charge in [-0.3, -0.25) is 4.79 Å². The van der Waals surface area contributed by atoms with Crippen molar-refractivity contribution in [3.8, 4) is 0 Å². The van der Waals surface area contributed by atoms with Gasteiger partial charge >= 0.3 is 0 Å². The summed E-state index contributed by atoms with van der Waals surface area (Å²) in [7, 11) is 0. The molecule has 5 heteroatoms. The number of nitrogens with one attached hydrogen (secondary N) is 1. The maximum atomic E-state index is 11.6. The van der Waals surface area contributed by atoms with Crippen LogP contribution in [0.5, 0.6) is 0 Å². The average molecular weight is 234 g/mol. The molecule has 1 fully saturated rings. The number of aromatic amines is 1. The van der Waals surface area contributed by atoms with Crippen LogP contribution < -0.4 is 5.56 Å². The van der Waals surface area contributed by atoms with E-state index in [9.17, 15) is 4.79 Å². The molecule has 2 N–H and O–H groups in total. The highest BCUT2D eigenvalue weighted by Crippen LogP contribution is 2.30. The SMILES string of the molecule is O=c1[nH]ccc2c1ccn2[C@H]1CC[C@@H](CO)O1. The van der Waals surface area contributed by atoms with E-state index < -0.39 is 0 Å². The van der Waals surface area contributed by atoms with Crippen LogP contribution in [0.3, 0.4) is 0 Å². The van der Waals surface area contributed by atoms with E-state index in [0.717, 1.165) is 18.4 Å². The average Bonchev–Trinajstić information content (AvgIpc) is 2.94. The molecule has 17 heavy (non-hydrogen) atoms. The van der Waals surface area contributed by atoms with Gasteiger partial charge in [-0.15, -0.1) is 0 Å². The summed E-state index contributed by atoms with van der Waals surface area (Å²) < 4.78 is 7.66. The lowest BCUT2D eigenvalue weighted by Crippen LogP contribution is -2.14. The first-order valence-corrected chi connectivity index (χ1v) is 5.74. The largest absolute Gasteiger partial charge is 0.394 e. The molecule has 0 amide bonds. The molecule has 1 aliphatic heterocycles. The molecular weight excluding hydrogens is 220 g/mol. The summed E-state index contributed by atoms with van der Waals surface area (Å²) >= 11 is 0. The highest BCUT2D eigenvalue weighted by Gasteiger charge is 2.26. The second kappa shape index (κ2) is 4.01. The molecule has 0 radical (unpaired) electrons. The van der Waals surface area contributed by atoms with Crippen molar-refractivity contribution in [3.05, 3.63) is 34.9 Å². The van der Waals surface area contributed by atoms with Gasteiger partial charge in [-0.05, 0) is 25.0 Å². The number of aliphatic hydroxyl groups excluding tert-OH is 1. The Labute approximate surface area is 97.6 Å². The van der Waals surface area contributed by atoms with Crippen molar-refractivity contribution in [3.63, 3.8) is 0 Å². The maximum Gasteiger partial charge on any atom is 0.257 e. The number of pyridine rings is 1. The molecule has 1 saturated heterocycles. The number of nitrogens with zero attached hydrogens (tertiary/aromatic N) is 1. The van der Waals surface area contributed by atoms with Crippen LogP contribution in [0.2, 0.25) is 0 Å². The highest BCUT2D eigenvalue weighted by molar-refractivity contribution is 5.78. The minimum absolute atomic E-state index is 0.0519. The van der Waals surface area contributed by atoms with E-state index in [1.54, 1.807) is 12.3 Å². The number of aromatic nitrogens is 2. The van der Waals surface area contributed by atoms with Gasteiger partial charge in [-0.1, -0.05) is 0 Å². The molecule has 1 aliphatic rings. The molecule has 0 aliphatic carbocycles. The topological polar surface area (TPSA) is 67.2 Å². The summed E-state index contributed by atoms with van der Waals surface area (Å²) in [6, 6.07) is 3.66. The second-order valence-electron chi connectivity index (χ2n) is 4.30. The summed E-state index contributed by atoms with van der Waals surface area (Å²) in [5.74, 6) is 0. The van der Waals surface area contributed by atoms with Gasteiger partial charge in [-0.25, -0.2) is 0 Å². The van der Waals surface area contributed by atoms with Gasteiger partial charge in [0.25, 0.3) is 5.56 Å². The first-order valence-electron chi connectivity index (χ1n) is 5.74. The van der Waals surface area contributed by atoms with Crippen molar-refractivity contribution in [1.29, 1.82) is 0 Å². The van der Waals surface area contributed by atoms with Gasteiger partial charge < -0.3 is 19.4 Å². The molecule has 0 spiro atoms. The molecule has 0 bridgehead atoms. The summed E-state index contributed by atoms with van der Waals surface area (Å²) in [5.41, 5.74) is 0.787. The molecule has 0 saturated carbocycles. The number of ether oxygens (including phenoxy) is 1. The Hall–Kier alpha value is -1.59. The zero-order valence-electron chi connectivity index (χ0n) is 9.30. The number of hydrogen-bond acceptors (Lipinski definition) is 3. The Morgan fingerprint density at radius 2 is 2.35 bits per heavy atom. The van der Waals surface area contributed by atoms with Crippen molar-refractivity contribution in [2.45, 2.75) is 25.2 Å². The number of rotatable bonds is 2. The number of hydrogen-bond donors (Lipinski definition) is 2. The molecule has 3 heterocycles. The standard InChI is InChI=1S/C12H14N2O3/c15-7-8-1-2-11(17-8)14-6-4-9-10(14)3-5-13-12(9)16/h3-6,8,11,15H,1-2,7H2,(H,13,16)/t8-,11+/m0/s1. The predicted molar refractivity (Wildman–Crippen MR) is 62.8 cm³/mol. The number of fused-ring (bicyclic) bond motifs is 1. The minimum Gasteiger partial charge on any atom is -0.394 e. The Balaban J connectivity index is 2.02. The maximum absolute atomic E-state index is 11.6. The highest BCUT2D eigenvalue weighted by atomic mass is 16.5. The number of H-pyrrole nitrogens is 1. The van der Waals surface area contributed by atoms with Crippen LogP contribution in [0, 0.1) is 0 Å². The molecular formula is C12H14N2O3. The summed E-state index contributed by atoms with van der Waals surface area (Å²) in [4.78, 5) is 14.2. The van der Waals surface area contributed by atoms with Crippen molar-refractivity contribution in [2.24, 2.45) is 0 Å². The minimum atomic E-state index is -0.0852. The smallest absolute Gasteiger partial charge is 0.257 e. The van der Waals surface area contributed by atoms with E-state index in [1.807, 2.05) is 16.8 Å². The number of aliphatic hydroxyl groups is 1. The van der Waals surface area contributed by atoms with Crippen LogP contribution in [0.25, 0.3) is 10.9 Å². The van der Waals surface area contributed by atoms with Gasteiger partial charge in [-0.2, -0.15) is 0 Å². The molecule has 2 atom stereocenters. The van der Waals surface area contributed by atoms with Crippen LogP contribution in [0.15, 0.2) is 29.3 Å². The monoisotopic (exact) mass is 234 g/mol. The summed E-state index contributed by atoms with van der Waals surface area (Å²) in [6.45, 7) is 0.0519. The quantitative estimate of drug-likeness (QED) is 0.814. The Morgan fingerprint density at radius 1 is 1.47 bits per heavy atom. The normalized spacial score (nSPS) is 24.5. The summed E-state index contributed by atoms with van der Waals surface area (Å²) in [6.07, 6.45) is 5.06. The first kappa shape index (κ1) is 10.6. The fourth-order valence-electron chi connectivity index (χ4n) is 2.38. The molecule has 0 aromatic carbocycles. The fourth-order valence-corrected chi connectivity index (χ4v) is 2.38. The lowest BCUT2D eigenvalue weighted by molar-refractivity contribution is -0.0202. The van der Waals surface area contributed by atoms with E-state index in [2.05, 4.69) is 4.98 Å². The van der Waals surface area contributed by atoms with Crippen LogP contribution in [-0.4, -0.2) is 27.4 Å². The van der Waals surface area contributed by atoms with Crippen LogP contribution in [-0.2, 0) is 4.74 Å². The van der Waals surface area contributed by atoms with Gasteiger partial charge in [0.1, 0.15) is 6.23 Å². The van der Waals surface area contributed by atoms with Crippen LogP contribution >= 0.6 is 0 Å².